The number of nitrogens with one attached hydrogen (secondary N) is 1. The van der Waals surface area contributed by atoms with E-state index in [-0.39, 0.29) is 44.6 Å². The Labute approximate surface area is 140 Å². The minimum Gasteiger partial charge on any atom is -0.457 e. The van der Waals surface area contributed by atoms with Crippen molar-refractivity contribution < 1.29 is 34.6 Å². The summed E-state index contributed by atoms with van der Waals surface area (Å²) in [5, 5.41) is 0.297. The second-order valence-corrected chi connectivity index (χ2v) is 4.04. The minimum atomic E-state index is -1.06. The molecule has 8 heteroatoms. The number of aromatic amines is 1. The van der Waals surface area contributed by atoms with Gasteiger partial charge in [-0.2, -0.15) is 0 Å². The summed E-state index contributed by atoms with van der Waals surface area (Å²) >= 11 is 0. The second kappa shape index (κ2) is 8.66. The van der Waals surface area contributed by atoms with E-state index in [1.807, 2.05) is 13.8 Å². The summed E-state index contributed by atoms with van der Waals surface area (Å²) in [6, 6.07) is 2.99. The third-order valence-corrected chi connectivity index (χ3v) is 2.66. The van der Waals surface area contributed by atoms with Gasteiger partial charge in [0.25, 0.3) is 0 Å². The van der Waals surface area contributed by atoms with Crippen LogP contribution >= 0.6 is 0 Å². The van der Waals surface area contributed by atoms with Gasteiger partial charge in [0.1, 0.15) is 0 Å². The Morgan fingerprint density at radius 3 is 2.32 bits per heavy atom. The van der Waals surface area contributed by atoms with E-state index < -0.39 is 23.1 Å². The van der Waals surface area contributed by atoms with Crippen LogP contribution in [-0.4, -0.2) is 10.9 Å². The molecule has 0 aliphatic heterocycles. The van der Waals surface area contributed by atoms with Crippen molar-refractivity contribution in [2.75, 3.05) is 0 Å². The van der Waals surface area contributed by atoms with Crippen molar-refractivity contribution in [1.29, 1.82) is 0 Å². The molecule has 0 atom stereocenters. The number of rotatable bonds is 3. The molecule has 120 valence electrons. The first-order valence-electron chi connectivity index (χ1n) is 6.30. The molecule has 2 aromatic rings. The normalized spacial score (nSPS) is 9.50. The van der Waals surface area contributed by atoms with Crippen LogP contribution in [0.4, 0.5) is 8.78 Å². The number of carbonyl (C=O) groups is 1. The summed E-state index contributed by atoms with van der Waals surface area (Å²) in [4.78, 5) is 24.9. The minimum absolute atomic E-state index is 0. The maximum absolute atomic E-state index is 13.1. The van der Waals surface area contributed by atoms with Gasteiger partial charge in [-0.3, -0.25) is 4.79 Å². The first kappa shape index (κ1) is 20.3. The number of halogens is 2. The Morgan fingerprint density at radius 2 is 1.77 bits per heavy atom. The fraction of sp³-hybridized carbons (Fsp3) is 0.214. The molecule has 5 N–H and O–H groups in total. The summed E-state index contributed by atoms with van der Waals surface area (Å²) in [6.45, 7) is 4.00. The fourth-order valence-electron chi connectivity index (χ4n) is 1.67. The number of benzene rings is 1. The Balaban J connectivity index is 0.00000141. The van der Waals surface area contributed by atoms with Crippen molar-refractivity contribution in [1.82, 2.24) is 4.98 Å². The van der Waals surface area contributed by atoms with Crippen LogP contribution in [0.15, 0.2) is 23.0 Å². The smallest absolute Gasteiger partial charge is 0.249 e. The molecule has 1 amide bonds. The number of primary amides is 1. The maximum atomic E-state index is 13.1. The van der Waals surface area contributed by atoms with Gasteiger partial charge in [0.15, 0.2) is 11.6 Å². The zero-order valence-electron chi connectivity index (χ0n) is 12.1. The largest absolute Gasteiger partial charge is 0.457 e. The Morgan fingerprint density at radius 1 is 1.23 bits per heavy atom. The zero-order chi connectivity index (χ0) is 16.2. The number of H-pyrrole nitrogens is 1. The van der Waals surface area contributed by atoms with Crippen LogP contribution < -0.4 is 17.0 Å². The van der Waals surface area contributed by atoms with Crippen molar-refractivity contribution in [3.05, 3.63) is 51.8 Å². The van der Waals surface area contributed by atoms with Crippen LogP contribution in [0, 0.1) is 17.7 Å². The van der Waals surface area contributed by atoms with Gasteiger partial charge in [0.05, 0.1) is 11.4 Å². The number of pyridine rings is 1. The molecule has 0 radical (unpaired) electrons. The standard InChI is InChI=1S/C12H10F2N3O2.C2H6.W/c13-7-2-5-1-6(3-9(15)11(16)18)12(19)17-10(5)4-8(7)14;1-2;/h1-2,4H,3,15H2,(H2,16,18)(H,17,19);1-2H3;/q-1;;. The summed E-state index contributed by atoms with van der Waals surface area (Å²) in [6.07, 6.45) is -0.153. The first-order chi connectivity index (χ1) is 9.88. The van der Waals surface area contributed by atoms with E-state index in [0.717, 1.165) is 12.1 Å². The molecule has 1 aromatic heterocycles. The molecule has 0 bridgehead atoms. The summed E-state index contributed by atoms with van der Waals surface area (Å²) in [5.41, 5.74) is 10.1. The average molecular weight is 480 g/mol. The predicted octanol–water partition coefficient (Wildman–Crippen LogP) is 1.35. The number of carbonyl (C=O) groups excluding carboxylic acids is 1. The van der Waals surface area contributed by atoms with Crippen LogP contribution in [-0.2, 0) is 32.3 Å². The molecule has 0 saturated heterocycles. The van der Waals surface area contributed by atoms with Crippen molar-refractivity contribution in [3.63, 3.8) is 0 Å². The molecule has 0 fully saturated rings. The van der Waals surface area contributed by atoms with Crippen molar-refractivity contribution in [3.8, 4) is 0 Å². The zero-order valence-corrected chi connectivity index (χ0v) is 15.0. The fourth-order valence-corrected chi connectivity index (χ4v) is 1.67. The van der Waals surface area contributed by atoms with Gasteiger partial charge in [0.2, 0.25) is 5.56 Å². The van der Waals surface area contributed by atoms with Crippen LogP contribution in [0.1, 0.15) is 19.4 Å². The van der Waals surface area contributed by atoms with Gasteiger partial charge in [-0.15, -0.1) is 6.42 Å². The van der Waals surface area contributed by atoms with Gasteiger partial charge in [-0.05, 0) is 17.7 Å². The monoisotopic (exact) mass is 480 g/mol. The molecule has 0 spiro atoms. The number of aromatic nitrogens is 1. The number of amides is 1. The van der Waals surface area contributed by atoms with Crippen LogP contribution in [0.3, 0.4) is 0 Å². The summed E-state index contributed by atoms with van der Waals surface area (Å²) in [5.74, 6) is -2.92. The van der Waals surface area contributed by atoms with Gasteiger partial charge < -0.3 is 21.2 Å². The Bertz CT molecular complexity index is 719. The van der Waals surface area contributed by atoms with Crippen molar-refractivity contribution >= 4 is 16.8 Å². The molecule has 0 aliphatic carbocycles. The number of fused-ring (bicyclic) bond motifs is 1. The molecule has 0 aliphatic rings. The van der Waals surface area contributed by atoms with E-state index in [1.54, 1.807) is 0 Å². The molecular formula is C14H16F2N3O2W-. The van der Waals surface area contributed by atoms with Crippen LogP contribution in [0.25, 0.3) is 10.9 Å². The number of nitrogens with two attached hydrogens (primary N) is 2. The van der Waals surface area contributed by atoms with E-state index in [1.165, 1.54) is 6.07 Å². The third-order valence-electron chi connectivity index (χ3n) is 2.66. The molecule has 22 heavy (non-hydrogen) atoms. The predicted molar refractivity (Wildman–Crippen MR) is 76.2 cm³/mol. The maximum Gasteiger partial charge on any atom is 0.249 e. The number of hydrogen-bond acceptors (Lipinski definition) is 3. The molecule has 2 rings (SSSR count). The van der Waals surface area contributed by atoms with E-state index in [4.69, 9.17) is 11.5 Å². The second-order valence-electron chi connectivity index (χ2n) is 4.04. The van der Waals surface area contributed by atoms with E-state index >= 15 is 0 Å². The first-order valence-corrected chi connectivity index (χ1v) is 6.30. The van der Waals surface area contributed by atoms with E-state index in [9.17, 15) is 18.4 Å². The Kier molecular flexibility index (Phi) is 7.98. The van der Waals surface area contributed by atoms with Gasteiger partial charge in [0, 0.05) is 32.5 Å². The van der Waals surface area contributed by atoms with Gasteiger partial charge in [-0.1, -0.05) is 13.8 Å². The average Bonchev–Trinajstić information content (AvgIpc) is 2.44. The third kappa shape index (κ3) is 4.64. The van der Waals surface area contributed by atoms with Crippen LogP contribution in [0.2, 0.25) is 0 Å². The molecule has 5 nitrogen and oxygen atoms in total. The molecule has 1 aromatic carbocycles. The molecule has 1 heterocycles. The number of hydrogen-bond donors (Lipinski definition) is 3. The van der Waals surface area contributed by atoms with E-state index in [0.29, 0.717) is 5.39 Å². The van der Waals surface area contributed by atoms with Crippen molar-refractivity contribution in [2.45, 2.75) is 20.3 Å². The summed E-state index contributed by atoms with van der Waals surface area (Å²) in [7, 11) is 0. The van der Waals surface area contributed by atoms with E-state index in [2.05, 4.69) is 4.98 Å². The Hall–Kier alpha value is -1.72. The van der Waals surface area contributed by atoms with Crippen molar-refractivity contribution in [2.24, 2.45) is 11.5 Å². The quantitative estimate of drug-likeness (QED) is 0.579. The summed E-state index contributed by atoms with van der Waals surface area (Å²) < 4.78 is 26.1. The van der Waals surface area contributed by atoms with Gasteiger partial charge in [-0.25, -0.2) is 14.8 Å². The topological polar surface area (TPSA) is 102 Å². The molecular weight excluding hydrogens is 464 g/mol. The van der Waals surface area contributed by atoms with Crippen LogP contribution in [0.5, 0.6) is 0 Å². The molecule has 0 saturated carbocycles. The van der Waals surface area contributed by atoms with Gasteiger partial charge >= 0.3 is 0 Å². The SMILES string of the molecule is CC.NC(=O)[C-](N)Cc1cc2cc(F)c(F)cc2[nH]c1=O.[W]. The molecule has 0 unspecified atom stereocenters.